The van der Waals surface area contributed by atoms with E-state index in [-0.39, 0.29) is 11.6 Å². The van der Waals surface area contributed by atoms with Gasteiger partial charge >= 0.3 is 0 Å². The Morgan fingerprint density at radius 1 is 1.10 bits per heavy atom. The van der Waals surface area contributed by atoms with Crippen molar-refractivity contribution in [1.29, 1.82) is 0 Å². The summed E-state index contributed by atoms with van der Waals surface area (Å²) in [5, 5.41) is 13.3. The maximum absolute atomic E-state index is 12.0. The molecule has 2 aromatic carbocycles. The van der Waals surface area contributed by atoms with Gasteiger partial charge in [0.25, 0.3) is 11.6 Å². The van der Waals surface area contributed by atoms with Gasteiger partial charge in [0.1, 0.15) is 0 Å². The predicted molar refractivity (Wildman–Crippen MR) is 78.6 cm³/mol. The number of nitro groups is 1. The molecule has 0 atom stereocenters. The standard InChI is InChI=1S/C15H15N3O3/c16-9-12-3-1-2-4-13(12)10-17-15(19)11-5-7-14(8-6-11)18(20)21/h1-8H,9-10,16H2,(H,17,19). The molecule has 108 valence electrons. The van der Waals surface area contributed by atoms with Crippen LogP contribution in [-0.2, 0) is 13.1 Å². The molecule has 2 rings (SSSR count). The highest BCUT2D eigenvalue weighted by atomic mass is 16.6. The van der Waals surface area contributed by atoms with Gasteiger partial charge in [0.2, 0.25) is 0 Å². The Morgan fingerprint density at radius 2 is 1.71 bits per heavy atom. The molecule has 21 heavy (non-hydrogen) atoms. The van der Waals surface area contributed by atoms with Gasteiger partial charge in [-0.25, -0.2) is 0 Å². The lowest BCUT2D eigenvalue weighted by molar-refractivity contribution is -0.384. The second-order valence-corrected chi connectivity index (χ2v) is 4.46. The lowest BCUT2D eigenvalue weighted by Crippen LogP contribution is -2.23. The lowest BCUT2D eigenvalue weighted by Gasteiger charge is -2.09. The van der Waals surface area contributed by atoms with Gasteiger partial charge in [-0.2, -0.15) is 0 Å². The fourth-order valence-electron chi connectivity index (χ4n) is 1.94. The highest BCUT2D eigenvalue weighted by molar-refractivity contribution is 5.94. The molecule has 3 N–H and O–H groups in total. The monoisotopic (exact) mass is 285 g/mol. The maximum Gasteiger partial charge on any atom is 0.269 e. The van der Waals surface area contributed by atoms with Crippen LogP contribution in [0.2, 0.25) is 0 Å². The third-order valence-corrected chi connectivity index (χ3v) is 3.12. The molecule has 0 fully saturated rings. The Kier molecular flexibility index (Phi) is 4.63. The summed E-state index contributed by atoms with van der Waals surface area (Å²) in [6.45, 7) is 0.771. The molecule has 2 aromatic rings. The molecule has 6 nitrogen and oxygen atoms in total. The normalized spacial score (nSPS) is 10.1. The smallest absolute Gasteiger partial charge is 0.269 e. The van der Waals surface area contributed by atoms with Crippen LogP contribution in [0, 0.1) is 10.1 Å². The van der Waals surface area contributed by atoms with Crippen LogP contribution in [0.5, 0.6) is 0 Å². The van der Waals surface area contributed by atoms with Gasteiger partial charge in [0, 0.05) is 30.8 Å². The number of rotatable bonds is 5. The second kappa shape index (κ2) is 6.62. The third-order valence-electron chi connectivity index (χ3n) is 3.12. The van der Waals surface area contributed by atoms with Gasteiger partial charge in [-0.3, -0.25) is 14.9 Å². The van der Waals surface area contributed by atoms with Gasteiger partial charge in [-0.05, 0) is 23.3 Å². The number of benzene rings is 2. The molecule has 0 aliphatic carbocycles. The van der Waals surface area contributed by atoms with E-state index in [1.807, 2.05) is 24.3 Å². The number of carbonyl (C=O) groups excluding carboxylic acids is 1. The summed E-state index contributed by atoms with van der Waals surface area (Å²) >= 11 is 0. The molecule has 0 bridgehead atoms. The molecular weight excluding hydrogens is 270 g/mol. The highest BCUT2D eigenvalue weighted by Gasteiger charge is 2.09. The number of nitrogens with one attached hydrogen (secondary N) is 1. The van der Waals surface area contributed by atoms with E-state index >= 15 is 0 Å². The molecule has 0 aliphatic heterocycles. The van der Waals surface area contributed by atoms with E-state index in [0.717, 1.165) is 11.1 Å². The minimum absolute atomic E-state index is 0.0416. The van der Waals surface area contributed by atoms with Crippen LogP contribution in [-0.4, -0.2) is 10.8 Å². The molecular formula is C15H15N3O3. The summed E-state index contributed by atoms with van der Waals surface area (Å²) in [6.07, 6.45) is 0. The zero-order valence-corrected chi connectivity index (χ0v) is 11.3. The van der Waals surface area contributed by atoms with Crippen LogP contribution in [0.4, 0.5) is 5.69 Å². The van der Waals surface area contributed by atoms with E-state index in [0.29, 0.717) is 18.7 Å². The Hall–Kier alpha value is -2.73. The zero-order valence-electron chi connectivity index (χ0n) is 11.3. The van der Waals surface area contributed by atoms with Gasteiger partial charge in [-0.15, -0.1) is 0 Å². The molecule has 0 aliphatic rings. The Labute approximate surface area is 121 Å². The van der Waals surface area contributed by atoms with Crippen molar-refractivity contribution < 1.29 is 9.72 Å². The molecule has 0 heterocycles. The van der Waals surface area contributed by atoms with E-state index in [1.54, 1.807) is 0 Å². The minimum Gasteiger partial charge on any atom is -0.348 e. The number of non-ortho nitro benzene ring substituents is 1. The predicted octanol–water partition coefficient (Wildman–Crippen LogP) is 1.98. The van der Waals surface area contributed by atoms with E-state index in [1.165, 1.54) is 24.3 Å². The van der Waals surface area contributed by atoms with E-state index in [2.05, 4.69) is 5.32 Å². The number of nitrogens with zero attached hydrogens (tertiary/aromatic N) is 1. The Morgan fingerprint density at radius 3 is 2.29 bits per heavy atom. The summed E-state index contributed by atoms with van der Waals surface area (Å²) in [5.41, 5.74) is 7.90. The van der Waals surface area contributed by atoms with E-state index in [4.69, 9.17) is 5.73 Å². The summed E-state index contributed by atoms with van der Waals surface area (Å²) in [7, 11) is 0. The molecule has 0 aromatic heterocycles. The van der Waals surface area contributed by atoms with Gasteiger partial charge in [0.15, 0.2) is 0 Å². The maximum atomic E-state index is 12.0. The second-order valence-electron chi connectivity index (χ2n) is 4.46. The van der Waals surface area contributed by atoms with E-state index in [9.17, 15) is 14.9 Å². The number of nitrogens with two attached hydrogens (primary N) is 1. The topological polar surface area (TPSA) is 98.3 Å². The van der Waals surface area contributed by atoms with Crippen LogP contribution in [0.1, 0.15) is 21.5 Å². The van der Waals surface area contributed by atoms with Gasteiger partial charge in [-0.1, -0.05) is 24.3 Å². The summed E-state index contributed by atoms with van der Waals surface area (Å²) in [6, 6.07) is 13.1. The highest BCUT2D eigenvalue weighted by Crippen LogP contribution is 2.12. The van der Waals surface area contributed by atoms with Crippen molar-refractivity contribution in [2.45, 2.75) is 13.1 Å². The number of hydrogen-bond acceptors (Lipinski definition) is 4. The third kappa shape index (κ3) is 3.64. The first-order chi connectivity index (χ1) is 10.1. The van der Waals surface area contributed by atoms with E-state index < -0.39 is 4.92 Å². The quantitative estimate of drug-likeness (QED) is 0.648. The zero-order chi connectivity index (χ0) is 15.2. The van der Waals surface area contributed by atoms with Crippen molar-refractivity contribution in [2.75, 3.05) is 0 Å². The molecule has 0 spiro atoms. The van der Waals surface area contributed by atoms with Crippen molar-refractivity contribution in [3.8, 4) is 0 Å². The van der Waals surface area contributed by atoms with Crippen molar-refractivity contribution in [3.63, 3.8) is 0 Å². The molecule has 0 unspecified atom stereocenters. The van der Waals surface area contributed by atoms with Crippen LogP contribution in [0.3, 0.4) is 0 Å². The van der Waals surface area contributed by atoms with Crippen molar-refractivity contribution in [1.82, 2.24) is 5.32 Å². The number of carbonyl (C=O) groups is 1. The first-order valence-corrected chi connectivity index (χ1v) is 6.41. The molecule has 0 radical (unpaired) electrons. The first-order valence-electron chi connectivity index (χ1n) is 6.41. The summed E-state index contributed by atoms with van der Waals surface area (Å²) in [4.78, 5) is 22.0. The molecule has 6 heteroatoms. The summed E-state index contributed by atoms with van der Waals surface area (Å²) < 4.78 is 0. The Balaban J connectivity index is 2.03. The molecule has 1 amide bonds. The van der Waals surface area contributed by atoms with Gasteiger partial charge in [0.05, 0.1) is 4.92 Å². The number of hydrogen-bond donors (Lipinski definition) is 2. The minimum atomic E-state index is -0.501. The van der Waals surface area contributed by atoms with Crippen LogP contribution in [0.15, 0.2) is 48.5 Å². The molecule has 0 saturated carbocycles. The fourth-order valence-corrected chi connectivity index (χ4v) is 1.94. The average Bonchev–Trinajstić information content (AvgIpc) is 2.52. The first kappa shape index (κ1) is 14.7. The summed E-state index contributed by atoms with van der Waals surface area (Å²) in [5.74, 6) is -0.281. The van der Waals surface area contributed by atoms with Crippen LogP contribution < -0.4 is 11.1 Å². The number of nitro benzene ring substituents is 1. The fraction of sp³-hybridized carbons (Fsp3) is 0.133. The van der Waals surface area contributed by atoms with Crippen LogP contribution >= 0.6 is 0 Å². The Bertz CT molecular complexity index is 653. The molecule has 0 saturated heterocycles. The van der Waals surface area contributed by atoms with Gasteiger partial charge < -0.3 is 11.1 Å². The number of amides is 1. The van der Waals surface area contributed by atoms with Crippen molar-refractivity contribution in [3.05, 3.63) is 75.3 Å². The van der Waals surface area contributed by atoms with Crippen LogP contribution in [0.25, 0.3) is 0 Å². The van der Waals surface area contributed by atoms with Crippen molar-refractivity contribution in [2.24, 2.45) is 5.73 Å². The average molecular weight is 285 g/mol. The largest absolute Gasteiger partial charge is 0.348 e. The van der Waals surface area contributed by atoms with Crippen molar-refractivity contribution >= 4 is 11.6 Å². The SMILES string of the molecule is NCc1ccccc1CNC(=O)c1ccc([N+](=O)[O-])cc1. The lowest BCUT2D eigenvalue weighted by atomic mass is 10.1.